The first-order valence-electron chi connectivity index (χ1n) is 14.5. The van der Waals surface area contributed by atoms with Crippen molar-refractivity contribution in [3.8, 4) is 0 Å². The van der Waals surface area contributed by atoms with Crippen molar-refractivity contribution in [1.82, 2.24) is 10.6 Å². The Bertz CT molecular complexity index is 1490. The van der Waals surface area contributed by atoms with Gasteiger partial charge in [-0.1, -0.05) is 47.1 Å². The molecule has 6 atom stereocenters. The molecule has 1 heterocycles. The molecule has 0 aromatic heterocycles. The average molecular weight is 693 g/mol. The fourth-order valence-electron chi connectivity index (χ4n) is 5.05. The van der Waals surface area contributed by atoms with Gasteiger partial charge in [-0.2, -0.15) is 0 Å². The molecule has 0 saturated carbocycles. The molecule has 254 valence electrons. The topological polar surface area (TPSA) is 173 Å². The van der Waals surface area contributed by atoms with Gasteiger partial charge in [0.1, 0.15) is 12.2 Å². The molecule has 47 heavy (non-hydrogen) atoms. The Kier molecular flexibility index (Phi) is 13.2. The van der Waals surface area contributed by atoms with Gasteiger partial charge in [0.25, 0.3) is 5.91 Å². The second kappa shape index (κ2) is 16.6. The minimum atomic E-state index is -1.92. The van der Waals surface area contributed by atoms with Crippen molar-refractivity contribution >= 4 is 59.1 Å². The van der Waals surface area contributed by atoms with Crippen LogP contribution in [0.3, 0.4) is 0 Å². The van der Waals surface area contributed by atoms with Gasteiger partial charge in [0.15, 0.2) is 12.2 Å². The van der Waals surface area contributed by atoms with Crippen LogP contribution in [0.1, 0.15) is 50.0 Å². The Balaban J connectivity index is 2.16. The first-order chi connectivity index (χ1) is 22.1. The van der Waals surface area contributed by atoms with E-state index >= 15 is 0 Å². The van der Waals surface area contributed by atoms with Crippen LogP contribution in [0.15, 0.2) is 53.4 Å². The lowest BCUT2D eigenvalue weighted by Crippen LogP contribution is -2.68. The van der Waals surface area contributed by atoms with E-state index in [0.717, 1.165) is 45.2 Å². The molecule has 1 aliphatic rings. The van der Waals surface area contributed by atoms with Crippen LogP contribution in [0.4, 0.5) is 0 Å². The van der Waals surface area contributed by atoms with Gasteiger partial charge < -0.3 is 34.3 Å². The number of hydrogen-bond acceptors (Lipinski definition) is 12. The lowest BCUT2D eigenvalue weighted by molar-refractivity contribution is -0.220. The number of amides is 2. The minimum Gasteiger partial charge on any atom is -0.466 e. The van der Waals surface area contributed by atoms with Crippen molar-refractivity contribution in [3.63, 3.8) is 0 Å². The van der Waals surface area contributed by atoms with Crippen LogP contribution in [-0.2, 0) is 47.7 Å². The standard InChI is InChI=1S/C32H37ClN2O11S/c1-17-10-12-24(13-11-17)47-32(31(41)42-6)15-25(43-19(3)37)27(35-18(2)36)29(46-32)28(45-21(5)39)26(44-20(4)38)16-34-30(40)22-8-7-9-23(33)14-22/h7-14,25-29H,15-16H2,1-6H3,(H,34,40)(H,35,36)/t25-,26+,27+,28+,29+,32+/m0/s1. The van der Waals surface area contributed by atoms with Crippen molar-refractivity contribution in [3.05, 3.63) is 64.7 Å². The average Bonchev–Trinajstić information content (AvgIpc) is 2.99. The van der Waals surface area contributed by atoms with E-state index in [4.69, 9.17) is 35.3 Å². The van der Waals surface area contributed by atoms with Crippen molar-refractivity contribution in [2.45, 2.75) is 81.3 Å². The summed E-state index contributed by atoms with van der Waals surface area (Å²) in [5.41, 5.74) is 1.15. The third-order valence-corrected chi connectivity index (χ3v) is 8.40. The third-order valence-electron chi connectivity index (χ3n) is 6.90. The number of carbonyl (C=O) groups excluding carboxylic acids is 6. The van der Waals surface area contributed by atoms with Gasteiger partial charge in [-0.05, 0) is 37.3 Å². The Hall–Kier alpha value is -4.14. The molecule has 1 aliphatic heterocycles. The molecule has 2 N–H and O–H groups in total. The molecular weight excluding hydrogens is 656 g/mol. The number of ether oxygens (including phenoxy) is 5. The second-order valence-corrected chi connectivity index (χ2v) is 12.5. The Morgan fingerprint density at radius 1 is 0.979 bits per heavy atom. The zero-order valence-electron chi connectivity index (χ0n) is 26.7. The maximum atomic E-state index is 13.6. The number of thioether (sulfide) groups is 1. The van der Waals surface area contributed by atoms with Gasteiger partial charge in [0.05, 0.1) is 19.7 Å². The number of halogens is 1. The van der Waals surface area contributed by atoms with Crippen LogP contribution in [0.2, 0.25) is 5.02 Å². The molecule has 2 aromatic carbocycles. The molecule has 0 unspecified atom stereocenters. The van der Waals surface area contributed by atoms with E-state index in [1.807, 2.05) is 19.1 Å². The first kappa shape index (κ1) is 37.3. The number of rotatable bonds is 12. The molecule has 2 amide bonds. The smallest absolute Gasteiger partial charge is 0.349 e. The van der Waals surface area contributed by atoms with Crippen LogP contribution in [-0.4, -0.2) is 84.7 Å². The SMILES string of the molecule is COC(=O)[C@]1(Sc2ccc(C)cc2)C[C@H](OC(C)=O)[C@@H](NC(C)=O)[C@H]([C@H](OC(C)=O)[C@@H](CNC(=O)c2cccc(Cl)c2)OC(C)=O)O1. The number of esters is 4. The van der Waals surface area contributed by atoms with E-state index in [1.165, 1.54) is 19.1 Å². The zero-order chi connectivity index (χ0) is 34.9. The maximum absolute atomic E-state index is 13.6. The van der Waals surface area contributed by atoms with E-state index < -0.39 is 77.6 Å². The zero-order valence-corrected chi connectivity index (χ0v) is 28.3. The van der Waals surface area contributed by atoms with Gasteiger partial charge in [0.2, 0.25) is 10.8 Å². The summed E-state index contributed by atoms with van der Waals surface area (Å²) >= 11 is 6.99. The quantitative estimate of drug-likeness (QED) is 0.246. The molecule has 13 nitrogen and oxygen atoms in total. The van der Waals surface area contributed by atoms with Crippen molar-refractivity contribution in [2.75, 3.05) is 13.7 Å². The lowest BCUT2D eigenvalue weighted by Gasteiger charge is -2.48. The summed E-state index contributed by atoms with van der Waals surface area (Å²) in [7, 11) is 1.15. The predicted molar refractivity (Wildman–Crippen MR) is 169 cm³/mol. The van der Waals surface area contributed by atoms with Crippen LogP contribution in [0, 0.1) is 6.92 Å². The van der Waals surface area contributed by atoms with E-state index in [-0.39, 0.29) is 12.0 Å². The number of carbonyl (C=O) groups is 6. The molecular formula is C32H37ClN2O11S. The normalized spacial score (nSPS) is 21.7. The summed E-state index contributed by atoms with van der Waals surface area (Å²) < 4.78 is 28.5. The minimum absolute atomic E-state index is 0.197. The van der Waals surface area contributed by atoms with Gasteiger partial charge in [-0.15, -0.1) is 0 Å². The largest absolute Gasteiger partial charge is 0.466 e. The summed E-state index contributed by atoms with van der Waals surface area (Å²) in [6.45, 7) is 6.04. The highest BCUT2D eigenvalue weighted by Crippen LogP contribution is 2.46. The van der Waals surface area contributed by atoms with Gasteiger partial charge in [-0.25, -0.2) is 4.79 Å². The molecule has 2 aromatic rings. The molecule has 3 rings (SSSR count). The molecule has 15 heteroatoms. The van der Waals surface area contributed by atoms with E-state index in [2.05, 4.69) is 10.6 Å². The van der Waals surface area contributed by atoms with Crippen LogP contribution < -0.4 is 10.6 Å². The number of methoxy groups -OCH3 is 1. The van der Waals surface area contributed by atoms with E-state index in [9.17, 15) is 28.8 Å². The highest BCUT2D eigenvalue weighted by molar-refractivity contribution is 8.01. The summed E-state index contributed by atoms with van der Waals surface area (Å²) in [4.78, 5) is 75.0. The van der Waals surface area contributed by atoms with Crippen LogP contribution in [0.5, 0.6) is 0 Å². The van der Waals surface area contributed by atoms with Crippen LogP contribution in [0.25, 0.3) is 0 Å². The monoisotopic (exact) mass is 692 g/mol. The fourth-order valence-corrected chi connectivity index (χ4v) is 6.47. The molecule has 1 saturated heterocycles. The molecule has 0 aliphatic carbocycles. The maximum Gasteiger partial charge on any atom is 0.349 e. The number of benzene rings is 2. The number of hydrogen-bond donors (Lipinski definition) is 2. The predicted octanol–water partition coefficient (Wildman–Crippen LogP) is 3.13. The van der Waals surface area contributed by atoms with Crippen molar-refractivity contribution in [1.29, 1.82) is 0 Å². The summed E-state index contributed by atoms with van der Waals surface area (Å²) in [6, 6.07) is 12.0. The number of nitrogens with one attached hydrogen (secondary N) is 2. The summed E-state index contributed by atoms with van der Waals surface area (Å²) in [5, 5.41) is 5.62. The summed E-state index contributed by atoms with van der Waals surface area (Å²) in [6.07, 6.45) is -6.05. The molecule has 1 fully saturated rings. The summed E-state index contributed by atoms with van der Waals surface area (Å²) in [5.74, 6) is -4.42. The van der Waals surface area contributed by atoms with Gasteiger partial charge in [0, 0.05) is 49.6 Å². The Labute approximate surface area is 281 Å². The molecule has 0 spiro atoms. The number of aryl methyl sites for hydroxylation is 1. The lowest BCUT2D eigenvalue weighted by atomic mass is 9.89. The molecule has 0 radical (unpaired) electrons. The van der Waals surface area contributed by atoms with Crippen LogP contribution >= 0.6 is 23.4 Å². The highest BCUT2D eigenvalue weighted by atomic mass is 35.5. The van der Waals surface area contributed by atoms with Crippen molar-refractivity contribution < 1.29 is 52.5 Å². The molecule has 0 bridgehead atoms. The van der Waals surface area contributed by atoms with Gasteiger partial charge in [-0.3, -0.25) is 24.0 Å². The Morgan fingerprint density at radius 2 is 1.64 bits per heavy atom. The van der Waals surface area contributed by atoms with Gasteiger partial charge >= 0.3 is 23.9 Å². The van der Waals surface area contributed by atoms with Crippen molar-refractivity contribution in [2.24, 2.45) is 0 Å². The third kappa shape index (κ3) is 10.4. The van der Waals surface area contributed by atoms with E-state index in [0.29, 0.717) is 9.92 Å². The fraction of sp³-hybridized carbons (Fsp3) is 0.438. The second-order valence-electron chi connectivity index (χ2n) is 10.8. The first-order valence-corrected chi connectivity index (χ1v) is 15.7. The highest BCUT2D eigenvalue weighted by Gasteiger charge is 2.58. The Morgan fingerprint density at radius 3 is 2.19 bits per heavy atom. The van der Waals surface area contributed by atoms with E-state index in [1.54, 1.807) is 24.3 Å².